The van der Waals surface area contributed by atoms with Crippen LogP contribution in [0.4, 0.5) is 10.1 Å². The number of anilines is 1. The molecule has 1 aliphatic carbocycles. The molecule has 1 saturated heterocycles. The first-order valence-electron chi connectivity index (χ1n) is 14.6. The summed E-state index contributed by atoms with van der Waals surface area (Å²) < 4.78 is 32.9. The number of nitrogens with zero attached hydrogens (tertiary/aromatic N) is 3. The van der Waals surface area contributed by atoms with E-state index >= 15 is 4.39 Å². The summed E-state index contributed by atoms with van der Waals surface area (Å²) in [5, 5.41) is 6.06. The molecule has 6 rings (SSSR count). The molecule has 1 saturated carbocycles. The number of hydrogen-bond donors (Lipinski definition) is 2. The second-order valence-corrected chi connectivity index (χ2v) is 11.9. The highest BCUT2D eigenvalue weighted by Gasteiger charge is 2.39. The number of amides is 1. The number of fused-ring (bicyclic) bond motifs is 2. The van der Waals surface area contributed by atoms with Gasteiger partial charge in [-0.1, -0.05) is 30.3 Å². The van der Waals surface area contributed by atoms with Crippen LogP contribution in [0.1, 0.15) is 18.4 Å². The average Bonchev–Trinajstić information content (AvgIpc) is 3.54. The number of carbonyl (C=O) groups is 1. The van der Waals surface area contributed by atoms with Crippen molar-refractivity contribution in [1.82, 2.24) is 20.2 Å². The van der Waals surface area contributed by atoms with Gasteiger partial charge in [-0.2, -0.15) is 0 Å². The Labute approximate surface area is 260 Å². The summed E-state index contributed by atoms with van der Waals surface area (Å²) in [5.41, 5.74) is 1.80. The van der Waals surface area contributed by atoms with Crippen LogP contribution in [-0.4, -0.2) is 59.7 Å². The summed E-state index contributed by atoms with van der Waals surface area (Å²) in [7, 11) is 3.77. The first-order valence-corrected chi connectivity index (χ1v) is 15.0. The summed E-state index contributed by atoms with van der Waals surface area (Å²) in [5.74, 6) is 2.39. The van der Waals surface area contributed by atoms with Crippen LogP contribution < -0.4 is 24.8 Å². The maximum absolute atomic E-state index is 15.1. The van der Waals surface area contributed by atoms with E-state index in [-0.39, 0.29) is 29.1 Å². The minimum atomic E-state index is -0.639. The second-order valence-electron chi connectivity index (χ2n) is 11.5. The van der Waals surface area contributed by atoms with Crippen LogP contribution in [0, 0.1) is 23.6 Å². The summed E-state index contributed by atoms with van der Waals surface area (Å²) >= 11 is 5.23. The zero-order valence-corrected chi connectivity index (χ0v) is 25.4. The van der Waals surface area contributed by atoms with Crippen molar-refractivity contribution in [3.63, 3.8) is 0 Å². The van der Waals surface area contributed by atoms with E-state index in [2.05, 4.69) is 32.5 Å². The number of thiocarbonyl (C=S) groups is 1. The van der Waals surface area contributed by atoms with Crippen LogP contribution in [0.25, 0.3) is 10.9 Å². The number of aromatic nitrogens is 2. The van der Waals surface area contributed by atoms with Crippen molar-refractivity contribution in [2.24, 2.45) is 17.8 Å². The molecule has 4 aromatic rings. The van der Waals surface area contributed by atoms with Crippen molar-refractivity contribution in [3.8, 4) is 23.1 Å². The molecular formula is C33H34FN5O4S. The predicted molar refractivity (Wildman–Crippen MR) is 170 cm³/mol. The third kappa shape index (κ3) is 6.89. The molecule has 44 heavy (non-hydrogen) atoms. The number of halogens is 1. The van der Waals surface area contributed by atoms with E-state index in [1.165, 1.54) is 44.4 Å². The van der Waals surface area contributed by atoms with Crippen LogP contribution in [0.3, 0.4) is 0 Å². The molecule has 1 amide bonds. The van der Waals surface area contributed by atoms with Crippen molar-refractivity contribution in [1.29, 1.82) is 0 Å². The highest BCUT2D eigenvalue weighted by molar-refractivity contribution is 7.80. The minimum Gasteiger partial charge on any atom is -0.493 e. The monoisotopic (exact) mass is 615 g/mol. The first kappa shape index (κ1) is 29.7. The van der Waals surface area contributed by atoms with Crippen LogP contribution in [0.5, 0.6) is 23.1 Å². The van der Waals surface area contributed by atoms with E-state index in [0.717, 1.165) is 17.4 Å². The summed E-state index contributed by atoms with van der Waals surface area (Å²) in [6, 6.07) is 17.2. The highest BCUT2D eigenvalue weighted by atomic mass is 32.1. The largest absolute Gasteiger partial charge is 0.493 e. The Bertz CT molecular complexity index is 1660. The third-order valence-electron chi connectivity index (χ3n) is 8.25. The minimum absolute atomic E-state index is 0.0358. The summed E-state index contributed by atoms with van der Waals surface area (Å²) in [6.45, 7) is 2.96. The van der Waals surface area contributed by atoms with Gasteiger partial charge in [0.15, 0.2) is 28.2 Å². The van der Waals surface area contributed by atoms with Gasteiger partial charge in [-0.15, -0.1) is 0 Å². The van der Waals surface area contributed by atoms with Gasteiger partial charge in [0.1, 0.15) is 6.33 Å². The Balaban J connectivity index is 1.10. The molecule has 0 spiro atoms. The topological polar surface area (TPSA) is 97.8 Å². The number of rotatable bonds is 9. The lowest BCUT2D eigenvalue weighted by Gasteiger charge is -2.17. The van der Waals surface area contributed by atoms with Crippen molar-refractivity contribution in [2.45, 2.75) is 19.3 Å². The Morgan fingerprint density at radius 2 is 1.80 bits per heavy atom. The van der Waals surface area contributed by atoms with E-state index in [1.807, 2.05) is 36.4 Å². The molecule has 2 fully saturated rings. The fourth-order valence-electron chi connectivity index (χ4n) is 6.28. The summed E-state index contributed by atoms with van der Waals surface area (Å²) in [4.78, 5) is 23.3. The number of carbonyl (C=O) groups excluding carboxylic acids is 1. The number of likely N-dealkylation sites (tertiary alicyclic amines) is 1. The number of benzene rings is 3. The quantitative estimate of drug-likeness (QED) is 0.234. The normalized spacial score (nSPS) is 19.4. The molecule has 228 valence electrons. The molecule has 1 unspecified atom stereocenters. The maximum Gasteiger partial charge on any atom is 0.230 e. The van der Waals surface area contributed by atoms with Crippen molar-refractivity contribution in [3.05, 3.63) is 78.4 Å². The van der Waals surface area contributed by atoms with Gasteiger partial charge < -0.3 is 29.7 Å². The lowest BCUT2D eigenvalue weighted by atomic mass is 10.0. The van der Waals surface area contributed by atoms with Crippen LogP contribution in [0.2, 0.25) is 0 Å². The van der Waals surface area contributed by atoms with Gasteiger partial charge in [0.05, 0.1) is 31.0 Å². The smallest absolute Gasteiger partial charge is 0.230 e. The molecule has 3 atom stereocenters. The van der Waals surface area contributed by atoms with Crippen LogP contribution in [-0.2, 0) is 11.2 Å². The van der Waals surface area contributed by atoms with Crippen molar-refractivity contribution < 1.29 is 23.4 Å². The fraction of sp³-hybridized carbons (Fsp3) is 0.333. The Morgan fingerprint density at radius 3 is 2.52 bits per heavy atom. The van der Waals surface area contributed by atoms with Gasteiger partial charge >= 0.3 is 0 Å². The number of nitrogens with one attached hydrogen (secondary N) is 2. The van der Waals surface area contributed by atoms with E-state index in [0.29, 0.717) is 40.6 Å². The molecule has 2 N–H and O–H groups in total. The van der Waals surface area contributed by atoms with E-state index < -0.39 is 5.82 Å². The Hall–Kier alpha value is -4.35. The lowest BCUT2D eigenvalue weighted by Crippen LogP contribution is -2.35. The number of methoxy groups -OCH3 is 1. The van der Waals surface area contributed by atoms with Gasteiger partial charge in [-0.3, -0.25) is 4.79 Å². The van der Waals surface area contributed by atoms with E-state index in [9.17, 15) is 4.79 Å². The molecule has 1 aromatic heterocycles. The van der Waals surface area contributed by atoms with Gasteiger partial charge in [0.2, 0.25) is 11.8 Å². The fourth-order valence-corrected chi connectivity index (χ4v) is 6.51. The second kappa shape index (κ2) is 13.1. The highest BCUT2D eigenvalue weighted by Crippen LogP contribution is 2.42. The van der Waals surface area contributed by atoms with E-state index in [4.69, 9.17) is 26.4 Å². The molecule has 1 aliphatic heterocycles. The maximum atomic E-state index is 15.1. The Kier molecular flexibility index (Phi) is 8.85. The standard InChI is InChI=1S/C33H34FN5O4S/c1-39-16-22-10-21(11-23(22)17-39)18-42-30-15-27-25(14-29(30)41-2)32(36-19-35-27)43-28-9-8-24(13-26(28)34)37-33(44)38-31(40)12-20-6-4-3-5-7-20/h3-9,13-15,19,21-23H,10-12,16-18H2,1-2H3,(H2,37,38,40,44)/t21?,22-,23+. The van der Waals surface area contributed by atoms with E-state index in [1.54, 1.807) is 19.2 Å². The third-order valence-corrected chi connectivity index (χ3v) is 8.45. The van der Waals surface area contributed by atoms with Gasteiger partial charge in [0.25, 0.3) is 0 Å². The lowest BCUT2D eigenvalue weighted by molar-refractivity contribution is -0.119. The SMILES string of the molecule is COc1cc2c(Oc3ccc(NC(=S)NC(=O)Cc4ccccc4)cc3F)ncnc2cc1OCC1C[C@@H]2CN(C)C[C@@H]2C1. The Morgan fingerprint density at radius 1 is 1.02 bits per heavy atom. The van der Waals surface area contributed by atoms with Crippen LogP contribution >= 0.6 is 12.2 Å². The molecular weight excluding hydrogens is 581 g/mol. The number of hydrogen-bond acceptors (Lipinski definition) is 8. The molecule has 2 aliphatic rings. The van der Waals surface area contributed by atoms with Gasteiger partial charge in [-0.05, 0) is 73.6 Å². The molecule has 0 bridgehead atoms. The molecule has 9 nitrogen and oxygen atoms in total. The van der Waals surface area contributed by atoms with Crippen molar-refractivity contribution in [2.75, 3.05) is 39.2 Å². The predicted octanol–water partition coefficient (Wildman–Crippen LogP) is 5.59. The molecule has 3 aromatic carbocycles. The molecule has 11 heteroatoms. The van der Waals surface area contributed by atoms with Crippen molar-refractivity contribution >= 4 is 39.8 Å². The summed E-state index contributed by atoms with van der Waals surface area (Å²) in [6.07, 6.45) is 3.90. The zero-order valence-electron chi connectivity index (χ0n) is 24.6. The first-order chi connectivity index (χ1) is 21.3. The number of ether oxygens (including phenoxy) is 3. The average molecular weight is 616 g/mol. The van der Waals surface area contributed by atoms with Gasteiger partial charge in [-0.25, -0.2) is 14.4 Å². The zero-order chi connectivity index (χ0) is 30.6. The van der Waals surface area contributed by atoms with Gasteiger partial charge in [0, 0.05) is 30.9 Å². The molecule has 2 heterocycles. The molecule has 0 radical (unpaired) electrons. The van der Waals surface area contributed by atoms with Crippen LogP contribution in [0.15, 0.2) is 67.0 Å².